The predicted octanol–water partition coefficient (Wildman–Crippen LogP) is 5.15. The van der Waals surface area contributed by atoms with E-state index in [0.717, 1.165) is 54.1 Å². The van der Waals surface area contributed by atoms with Gasteiger partial charge in [-0.1, -0.05) is 24.8 Å². The Morgan fingerprint density at radius 1 is 1.04 bits per heavy atom. The first-order chi connectivity index (χ1) is 27.1. The van der Waals surface area contributed by atoms with Crippen LogP contribution in [0.5, 0.6) is 17.2 Å². The first-order valence-corrected chi connectivity index (χ1v) is 20.1. The smallest absolute Gasteiger partial charge is 0.375 e. The fourth-order valence-corrected chi connectivity index (χ4v) is 9.87. The molecule has 2 fully saturated rings. The van der Waals surface area contributed by atoms with Crippen LogP contribution >= 0.6 is 0 Å². The van der Waals surface area contributed by atoms with Gasteiger partial charge in [-0.15, -0.1) is 0 Å². The molecule has 0 amide bonds. The van der Waals surface area contributed by atoms with E-state index in [0.29, 0.717) is 47.2 Å². The van der Waals surface area contributed by atoms with Gasteiger partial charge in [-0.3, -0.25) is 9.59 Å². The largest absolute Gasteiger partial charge is 0.492 e. The van der Waals surface area contributed by atoms with Gasteiger partial charge in [0.15, 0.2) is 6.29 Å². The molecule has 12 heteroatoms. The molecule has 5 atom stereocenters. The van der Waals surface area contributed by atoms with Crippen LogP contribution < -0.4 is 14.2 Å². The topological polar surface area (TPSA) is 185 Å². The molecule has 2 aromatic carbocycles. The van der Waals surface area contributed by atoms with Crippen molar-refractivity contribution in [3.8, 4) is 17.2 Å². The van der Waals surface area contributed by atoms with Crippen molar-refractivity contribution in [2.45, 2.75) is 102 Å². The molecule has 4 heterocycles. The first kappa shape index (κ1) is 38.4. The number of Topliss-reactive ketones (excluding diaryl/α,β-unsaturated/α-hetero) is 1. The summed E-state index contributed by atoms with van der Waals surface area (Å²) >= 11 is 0. The van der Waals surface area contributed by atoms with Crippen molar-refractivity contribution in [2.75, 3.05) is 26.4 Å². The molecule has 2 bridgehead atoms. The highest BCUT2D eigenvalue weighted by molar-refractivity contribution is 6.11. The molecular weight excluding hydrogens is 718 g/mol. The number of nitrogens with one attached hydrogen (secondary N) is 1. The Morgan fingerprint density at radius 3 is 2.55 bits per heavy atom. The molecule has 298 valence electrons. The van der Waals surface area contributed by atoms with Crippen molar-refractivity contribution in [3.05, 3.63) is 69.1 Å². The zero-order chi connectivity index (χ0) is 39.3. The number of aldehydes is 1. The monoisotopic (exact) mass is 769 g/mol. The summed E-state index contributed by atoms with van der Waals surface area (Å²) in [6.07, 6.45) is 8.05. The molecule has 12 nitrogen and oxygen atoms in total. The summed E-state index contributed by atoms with van der Waals surface area (Å²) < 4.78 is 25.2. The quantitative estimate of drug-likeness (QED) is 0.151. The van der Waals surface area contributed by atoms with Gasteiger partial charge in [-0.2, -0.15) is 0 Å². The van der Waals surface area contributed by atoms with E-state index in [1.165, 1.54) is 0 Å². The van der Waals surface area contributed by atoms with Crippen molar-refractivity contribution in [1.82, 2.24) is 4.98 Å². The van der Waals surface area contributed by atoms with Gasteiger partial charge in [0.2, 0.25) is 5.76 Å². The van der Waals surface area contributed by atoms with Crippen LogP contribution in [-0.2, 0) is 38.6 Å². The second-order valence-corrected chi connectivity index (χ2v) is 16.3. The Kier molecular flexibility index (Phi) is 10.6. The van der Waals surface area contributed by atoms with Crippen LogP contribution in [0.15, 0.2) is 41.3 Å². The van der Waals surface area contributed by atoms with Gasteiger partial charge >= 0.3 is 5.97 Å². The average Bonchev–Trinajstić information content (AvgIpc) is 3.88. The maximum atomic E-state index is 14.3. The lowest BCUT2D eigenvalue weighted by atomic mass is 9.70. The number of carbonyl (C=O) groups is 3. The molecule has 2 aliphatic carbocycles. The molecule has 5 aliphatic rings. The van der Waals surface area contributed by atoms with E-state index >= 15 is 0 Å². The van der Waals surface area contributed by atoms with Gasteiger partial charge in [0.1, 0.15) is 34.7 Å². The molecular formula is C44H51NO11. The number of fused-ring (bicyclic) bond motifs is 7. The third kappa shape index (κ3) is 6.44. The summed E-state index contributed by atoms with van der Waals surface area (Å²) in [6.45, 7) is 2.30. The lowest BCUT2D eigenvalue weighted by Crippen LogP contribution is -2.49. The number of aromatic amines is 1. The minimum Gasteiger partial charge on any atom is -0.492 e. The van der Waals surface area contributed by atoms with Crippen LogP contribution in [0, 0.1) is 17.8 Å². The predicted molar refractivity (Wildman–Crippen MR) is 205 cm³/mol. The first-order valence-electron chi connectivity index (χ1n) is 20.1. The molecule has 3 aliphatic heterocycles. The van der Waals surface area contributed by atoms with Crippen molar-refractivity contribution in [3.63, 3.8) is 0 Å². The van der Waals surface area contributed by atoms with Crippen LogP contribution in [0.2, 0.25) is 0 Å². The lowest BCUT2D eigenvalue weighted by molar-refractivity contribution is -0.141. The Morgan fingerprint density at radius 2 is 1.84 bits per heavy atom. The minimum absolute atomic E-state index is 0.000835. The van der Waals surface area contributed by atoms with Crippen molar-refractivity contribution in [1.29, 1.82) is 0 Å². The molecule has 5 N–H and O–H groups in total. The zero-order valence-corrected chi connectivity index (χ0v) is 32.0. The number of aliphatic hydroxyl groups excluding tert-OH is 3. The number of hydrogen-bond acceptors (Lipinski definition) is 11. The van der Waals surface area contributed by atoms with E-state index in [9.17, 15) is 34.8 Å². The van der Waals surface area contributed by atoms with E-state index in [1.54, 1.807) is 13.8 Å². The fraction of sp³-hybridized carbons (Fsp3) is 0.523. The van der Waals surface area contributed by atoms with Gasteiger partial charge in [0, 0.05) is 53.6 Å². The molecule has 0 spiro atoms. The molecule has 56 heavy (non-hydrogen) atoms. The van der Waals surface area contributed by atoms with Gasteiger partial charge in [-0.25, -0.2) is 4.79 Å². The number of H-pyrrole nitrogens is 1. The molecule has 0 radical (unpaired) electrons. The van der Waals surface area contributed by atoms with Crippen molar-refractivity contribution in [2.24, 2.45) is 17.8 Å². The Labute approximate surface area is 325 Å². The fourth-order valence-electron chi connectivity index (χ4n) is 9.87. The highest BCUT2D eigenvalue weighted by Gasteiger charge is 2.49. The summed E-state index contributed by atoms with van der Waals surface area (Å²) in [7, 11) is 0. The van der Waals surface area contributed by atoms with Crippen LogP contribution in [-0.4, -0.2) is 81.6 Å². The zero-order valence-electron chi connectivity index (χ0n) is 32.0. The number of hydrogen-bond donors (Lipinski definition) is 5. The molecule has 3 aromatic rings. The summed E-state index contributed by atoms with van der Waals surface area (Å²) in [5.41, 5.74) is 3.38. The SMILES string of the molecule is CCOC(=O)C1=C(C=O)/C2=C3\C[C@@H](CO)C(=O)[C@H](C3)c3cc4cc[nH]c4cc3CC[C@@H](CO)COc3c4c(c(CO)c(c32)O1)O[C@H]([C@](C)(O)C1CCCCC1)C4. The molecule has 0 saturated heterocycles. The number of ether oxygens (including phenoxy) is 4. The number of rotatable bonds is 8. The molecule has 0 unspecified atom stereocenters. The van der Waals surface area contributed by atoms with Gasteiger partial charge in [0.25, 0.3) is 0 Å². The Balaban J connectivity index is 1.40. The number of aliphatic hydroxyl groups is 4. The summed E-state index contributed by atoms with van der Waals surface area (Å²) in [5.74, 6) is -2.64. The van der Waals surface area contributed by atoms with Crippen molar-refractivity contribution < 1.29 is 53.8 Å². The summed E-state index contributed by atoms with van der Waals surface area (Å²) in [5, 5.41) is 45.6. The number of benzene rings is 2. The van der Waals surface area contributed by atoms with Gasteiger partial charge in [-0.05, 0) is 93.0 Å². The number of allylic oxidation sites excluding steroid dienone is 3. The van der Waals surface area contributed by atoms with Crippen molar-refractivity contribution >= 4 is 34.5 Å². The van der Waals surface area contributed by atoms with Gasteiger partial charge < -0.3 is 44.4 Å². The number of ketones is 1. The van der Waals surface area contributed by atoms with Crippen LogP contribution in [0.3, 0.4) is 0 Å². The third-order valence-corrected chi connectivity index (χ3v) is 13.0. The van der Waals surface area contributed by atoms with Crippen LogP contribution in [0.25, 0.3) is 16.5 Å². The van der Waals surface area contributed by atoms with E-state index in [4.69, 9.17) is 18.9 Å². The lowest BCUT2D eigenvalue weighted by Gasteiger charge is -2.39. The Hall–Kier alpha value is -4.49. The molecule has 2 saturated carbocycles. The normalized spacial score (nSPS) is 26.3. The highest BCUT2D eigenvalue weighted by atomic mass is 16.6. The number of aryl methyl sites for hydroxylation is 1. The minimum atomic E-state index is -1.23. The third-order valence-electron chi connectivity index (χ3n) is 13.0. The second kappa shape index (κ2) is 15.5. The Bertz CT molecular complexity index is 2120. The molecule has 1 aromatic heterocycles. The second-order valence-electron chi connectivity index (χ2n) is 16.3. The maximum absolute atomic E-state index is 14.3. The van der Waals surface area contributed by atoms with Crippen LogP contribution in [0.4, 0.5) is 0 Å². The summed E-state index contributed by atoms with van der Waals surface area (Å²) in [4.78, 5) is 44.7. The number of carbonyl (C=O) groups excluding carboxylic acids is 3. The van der Waals surface area contributed by atoms with E-state index in [1.807, 2.05) is 24.4 Å². The summed E-state index contributed by atoms with van der Waals surface area (Å²) in [6, 6.07) is 5.98. The number of esters is 1. The van der Waals surface area contributed by atoms with E-state index in [-0.39, 0.29) is 85.1 Å². The van der Waals surface area contributed by atoms with E-state index < -0.39 is 42.7 Å². The number of aromatic nitrogens is 1. The molecule has 8 rings (SSSR count). The van der Waals surface area contributed by atoms with Gasteiger partial charge in [0.05, 0.1) is 43.1 Å². The average molecular weight is 770 g/mol. The standard InChI is InChI=1S/C44H51NO11/c1-3-53-43(51)42-32(20-48)36-26-13-27(19-47)38(50)30(15-26)29-14-25-11-12-45-34(25)16-24(29)10-9-23(18-46)22-54-40-31-17-35(44(2,52)28-7-5-4-6-8-28)55-39(31)33(21-49)41(56-42)37(36)40/h11-12,14,16,20,23,27-28,30,35,45-47,49,52H,3-10,13,15,17-19,21-22H2,1-2H3/b36-26-/t23-,27-,30+,35-,44+/m0/s1. The van der Waals surface area contributed by atoms with E-state index in [2.05, 4.69) is 4.98 Å². The maximum Gasteiger partial charge on any atom is 0.375 e. The van der Waals surface area contributed by atoms with Crippen LogP contribution in [0.1, 0.15) is 98.9 Å². The highest BCUT2D eigenvalue weighted by Crippen LogP contribution is 2.57.